The van der Waals surface area contributed by atoms with Gasteiger partial charge in [0.15, 0.2) is 33.3 Å². The van der Waals surface area contributed by atoms with Crippen molar-refractivity contribution in [2.45, 2.75) is 181 Å². The summed E-state index contributed by atoms with van der Waals surface area (Å²) >= 11 is 0. The van der Waals surface area contributed by atoms with E-state index in [1.54, 1.807) is 0 Å². The van der Waals surface area contributed by atoms with Gasteiger partial charge in [-0.3, -0.25) is 0 Å². The zero-order valence-electron chi connectivity index (χ0n) is 30.1. The Kier molecular flexibility index (Phi) is 13.3. The molecule has 2 atom stereocenters. The van der Waals surface area contributed by atoms with Gasteiger partial charge in [-0.05, 0) is 99.2 Å². The molecule has 0 saturated heterocycles. The molecule has 0 heterocycles. The quantitative estimate of drug-likeness (QED) is 0.144. The third-order valence-corrected chi connectivity index (χ3v) is 30.6. The van der Waals surface area contributed by atoms with Crippen LogP contribution in [-0.2, 0) is 13.0 Å². The van der Waals surface area contributed by atoms with E-state index in [9.17, 15) is 0 Å². The molecule has 0 fully saturated rings. The predicted octanol–water partition coefficient (Wildman–Crippen LogP) is 11.7. The molecule has 232 valence electrons. The van der Waals surface area contributed by atoms with E-state index >= 15 is 0 Å². The standard InChI is InChI=1S/C32H70O3Si4/c1-27(33-36(13,14)29(3,4)5)23-21-25-31(9,10)38(17,18)35-39(19,20)32(11,12)26-22-24-28(2)34-37(15,16)30(6,7)8/h21-24,27-28H,25-26H2,1-20H3. The average molecular weight is 615 g/mol. The Morgan fingerprint density at radius 2 is 0.744 bits per heavy atom. The molecule has 0 amide bonds. The van der Waals surface area contributed by atoms with E-state index in [4.69, 9.17) is 13.0 Å². The van der Waals surface area contributed by atoms with Crippen LogP contribution in [0.5, 0.6) is 0 Å². The lowest BCUT2D eigenvalue weighted by Gasteiger charge is -2.49. The van der Waals surface area contributed by atoms with E-state index in [0.717, 1.165) is 12.8 Å². The smallest absolute Gasteiger partial charge is 0.192 e. The third kappa shape index (κ3) is 11.4. The van der Waals surface area contributed by atoms with Crippen LogP contribution in [-0.4, -0.2) is 45.5 Å². The molecule has 0 aliphatic carbocycles. The largest absolute Gasteiger partial charge is 0.455 e. The summed E-state index contributed by atoms with van der Waals surface area (Å²) in [5, 5.41) is 0.708. The van der Waals surface area contributed by atoms with Crippen LogP contribution in [0.3, 0.4) is 0 Å². The molecule has 0 aliphatic heterocycles. The van der Waals surface area contributed by atoms with Gasteiger partial charge in [-0.15, -0.1) is 0 Å². The van der Waals surface area contributed by atoms with Gasteiger partial charge in [-0.2, -0.15) is 0 Å². The van der Waals surface area contributed by atoms with Gasteiger partial charge in [-0.1, -0.05) is 93.5 Å². The lowest BCUT2D eigenvalue weighted by molar-refractivity contribution is 0.242. The Balaban J connectivity index is 5.36. The zero-order valence-corrected chi connectivity index (χ0v) is 34.1. The number of rotatable bonds is 14. The Bertz CT molecular complexity index is 757. The molecule has 0 aromatic heterocycles. The normalized spacial score (nSPS) is 17.3. The molecule has 39 heavy (non-hydrogen) atoms. The van der Waals surface area contributed by atoms with Crippen molar-refractivity contribution >= 4 is 33.3 Å². The van der Waals surface area contributed by atoms with Crippen LogP contribution in [0.15, 0.2) is 24.3 Å². The fourth-order valence-corrected chi connectivity index (χ4v) is 15.1. The average Bonchev–Trinajstić information content (AvgIpc) is 2.63. The van der Waals surface area contributed by atoms with Crippen LogP contribution < -0.4 is 0 Å². The summed E-state index contributed by atoms with van der Waals surface area (Å²) in [6.45, 7) is 46.8. The van der Waals surface area contributed by atoms with Crippen molar-refractivity contribution in [1.82, 2.24) is 0 Å². The second kappa shape index (κ2) is 13.3. The molecule has 0 spiro atoms. The molecule has 0 aliphatic rings. The lowest BCUT2D eigenvalue weighted by Crippen LogP contribution is -2.54. The lowest BCUT2D eigenvalue weighted by atomic mass is 10.1. The van der Waals surface area contributed by atoms with Crippen LogP contribution in [0, 0.1) is 0 Å². The van der Waals surface area contributed by atoms with Crippen LogP contribution >= 0.6 is 0 Å². The Morgan fingerprint density at radius 1 is 0.487 bits per heavy atom. The second-order valence-corrected chi connectivity index (χ2v) is 36.4. The maximum absolute atomic E-state index is 7.28. The van der Waals surface area contributed by atoms with Gasteiger partial charge in [0.25, 0.3) is 0 Å². The highest BCUT2D eigenvalue weighted by Crippen LogP contribution is 2.49. The minimum atomic E-state index is -2.00. The first-order valence-corrected chi connectivity index (χ1v) is 26.9. The molecular weight excluding hydrogens is 545 g/mol. The van der Waals surface area contributed by atoms with E-state index in [0.29, 0.717) is 0 Å². The van der Waals surface area contributed by atoms with Crippen molar-refractivity contribution < 1.29 is 13.0 Å². The van der Waals surface area contributed by atoms with Crippen molar-refractivity contribution in [3.8, 4) is 0 Å². The fourth-order valence-electron chi connectivity index (χ4n) is 3.88. The van der Waals surface area contributed by atoms with Gasteiger partial charge in [0, 0.05) is 0 Å². The molecule has 0 N–H and O–H groups in total. The molecule has 0 saturated carbocycles. The van der Waals surface area contributed by atoms with Gasteiger partial charge in [0.05, 0.1) is 12.2 Å². The SMILES string of the molecule is CC(C=CCC(C)(C)[Si](C)(C)O[Si](C)(C)C(C)(C)CC=CC(C)O[Si](C)(C)C(C)(C)C)O[Si](C)(C)C(C)(C)C. The van der Waals surface area contributed by atoms with Crippen molar-refractivity contribution in [2.75, 3.05) is 0 Å². The van der Waals surface area contributed by atoms with Crippen molar-refractivity contribution in [2.24, 2.45) is 0 Å². The summed E-state index contributed by atoms with van der Waals surface area (Å²) in [5.41, 5.74) is 0. The topological polar surface area (TPSA) is 27.7 Å². The summed E-state index contributed by atoms with van der Waals surface area (Å²) < 4.78 is 20.4. The Labute approximate surface area is 250 Å². The first-order valence-electron chi connectivity index (χ1n) is 15.3. The van der Waals surface area contributed by atoms with Gasteiger partial charge in [-0.25, -0.2) is 0 Å². The first kappa shape index (κ1) is 39.2. The van der Waals surface area contributed by atoms with Crippen LogP contribution in [0.1, 0.15) is 95.9 Å². The van der Waals surface area contributed by atoms with Crippen LogP contribution in [0.2, 0.25) is 72.5 Å². The first-order chi connectivity index (χ1) is 16.9. The minimum Gasteiger partial charge on any atom is -0.455 e. The maximum atomic E-state index is 7.28. The maximum Gasteiger partial charge on any atom is 0.192 e. The third-order valence-electron chi connectivity index (χ3n) is 10.4. The van der Waals surface area contributed by atoms with Crippen LogP contribution in [0.25, 0.3) is 0 Å². The molecule has 0 bridgehead atoms. The Hall–Kier alpha value is 0.228. The van der Waals surface area contributed by atoms with Gasteiger partial charge >= 0.3 is 0 Å². The number of hydrogen-bond acceptors (Lipinski definition) is 3. The molecule has 7 heteroatoms. The molecule has 0 aromatic rings. The van der Waals surface area contributed by atoms with Crippen molar-refractivity contribution in [3.05, 3.63) is 24.3 Å². The molecular formula is C32H70O3Si4. The van der Waals surface area contributed by atoms with Gasteiger partial charge < -0.3 is 13.0 Å². The molecule has 0 rings (SSSR count). The Morgan fingerprint density at radius 3 is 0.974 bits per heavy atom. The van der Waals surface area contributed by atoms with Crippen LogP contribution in [0.4, 0.5) is 0 Å². The fraction of sp³-hybridized carbons (Fsp3) is 0.875. The molecule has 0 radical (unpaired) electrons. The molecule has 2 unspecified atom stereocenters. The summed E-state index contributed by atoms with van der Waals surface area (Å²) in [6, 6.07) is 0. The summed E-state index contributed by atoms with van der Waals surface area (Å²) in [7, 11) is -7.54. The van der Waals surface area contributed by atoms with E-state index in [2.05, 4.69) is 160 Å². The predicted molar refractivity (Wildman–Crippen MR) is 187 cm³/mol. The summed E-state index contributed by atoms with van der Waals surface area (Å²) in [5.74, 6) is 0. The van der Waals surface area contributed by atoms with E-state index < -0.39 is 33.3 Å². The molecule has 0 aromatic carbocycles. The molecule has 3 nitrogen and oxygen atoms in total. The van der Waals surface area contributed by atoms with Crippen molar-refractivity contribution in [3.63, 3.8) is 0 Å². The van der Waals surface area contributed by atoms with Gasteiger partial charge in [0.2, 0.25) is 0 Å². The van der Waals surface area contributed by atoms with E-state index in [1.165, 1.54) is 0 Å². The zero-order chi connectivity index (χ0) is 31.5. The summed E-state index contributed by atoms with van der Waals surface area (Å²) in [4.78, 5) is 0. The van der Waals surface area contributed by atoms with Crippen molar-refractivity contribution in [1.29, 1.82) is 0 Å². The highest BCUT2D eigenvalue weighted by molar-refractivity contribution is 6.87. The van der Waals surface area contributed by atoms with E-state index in [-0.39, 0.29) is 32.4 Å². The highest BCUT2D eigenvalue weighted by atomic mass is 28.4. The minimum absolute atomic E-state index is 0.127. The number of hydrogen-bond donors (Lipinski definition) is 0. The monoisotopic (exact) mass is 614 g/mol. The second-order valence-electron chi connectivity index (χ2n) is 17.3. The highest BCUT2D eigenvalue weighted by Gasteiger charge is 2.49. The van der Waals surface area contributed by atoms with E-state index in [1.807, 2.05) is 0 Å². The van der Waals surface area contributed by atoms with Gasteiger partial charge in [0.1, 0.15) is 0 Å². The summed E-state index contributed by atoms with van der Waals surface area (Å²) in [6.07, 6.45) is 11.6. The number of allylic oxidation sites excluding steroid dienone is 2.